The number of para-hydroxylation sites is 3. The van der Waals surface area contributed by atoms with Crippen molar-refractivity contribution in [2.24, 2.45) is 0 Å². The molecule has 0 bridgehead atoms. The number of pyridine rings is 1. The summed E-state index contributed by atoms with van der Waals surface area (Å²) in [4.78, 5) is 9.31. The number of benzene rings is 4. The summed E-state index contributed by atoms with van der Waals surface area (Å²) >= 11 is 0. The third-order valence-corrected chi connectivity index (χ3v) is 7.54. The third-order valence-electron chi connectivity index (χ3n) is 7.54. The normalized spacial score (nSPS) is 11.1. The Balaban J connectivity index is 0.000000190. The molecule has 0 saturated carbocycles. The Hall–Kier alpha value is -3.79. The van der Waals surface area contributed by atoms with E-state index in [2.05, 4.69) is 105 Å². The van der Waals surface area contributed by atoms with Crippen LogP contribution in [-0.4, -0.2) is 19.6 Å². The van der Waals surface area contributed by atoms with Gasteiger partial charge in [-0.15, -0.1) is 34.9 Å². The first kappa shape index (κ1) is 31.2. The van der Waals surface area contributed by atoms with Crippen LogP contribution in [0.25, 0.3) is 44.5 Å². The summed E-state index contributed by atoms with van der Waals surface area (Å²) in [5, 5.41) is 12.6. The molecule has 1 radical (unpaired) electrons. The van der Waals surface area contributed by atoms with Gasteiger partial charge in [0.1, 0.15) is 11.6 Å². The van der Waals surface area contributed by atoms with Gasteiger partial charge in [0.15, 0.2) is 0 Å². The standard InChI is InChI=1S/C21H22N.C16H16N2O.Ir/c1-13(2)18-6-7-20-19(16(18)5)8-9-22-21(20)17-11-14(3)10-15(4)12-17;1-11(2)18-14-9-5-4-8-13(14)17-16(18)12-7-3-6-10-15(12)19;/h6-11,13H,1-5H3;3-11,19H,1-2H3;/q-1;;. The van der Waals surface area contributed by atoms with E-state index in [4.69, 9.17) is 0 Å². The summed E-state index contributed by atoms with van der Waals surface area (Å²) in [6.07, 6.45) is 1.92. The largest absolute Gasteiger partial charge is 0.507 e. The summed E-state index contributed by atoms with van der Waals surface area (Å²) in [5.74, 6) is 1.61. The third kappa shape index (κ3) is 6.18. The molecule has 4 nitrogen and oxygen atoms in total. The van der Waals surface area contributed by atoms with Gasteiger partial charge in [-0.3, -0.25) is 0 Å². The Bertz CT molecular complexity index is 1830. The van der Waals surface area contributed by atoms with Gasteiger partial charge in [-0.1, -0.05) is 64.1 Å². The van der Waals surface area contributed by atoms with Crippen LogP contribution in [0, 0.1) is 26.8 Å². The van der Waals surface area contributed by atoms with Crippen molar-refractivity contribution in [3.05, 3.63) is 113 Å². The zero-order valence-electron chi connectivity index (χ0n) is 25.4. The van der Waals surface area contributed by atoms with Crippen molar-refractivity contribution < 1.29 is 25.2 Å². The maximum atomic E-state index is 10.0. The molecule has 1 N–H and O–H groups in total. The second kappa shape index (κ2) is 13.0. The van der Waals surface area contributed by atoms with Crippen molar-refractivity contribution in [1.82, 2.24) is 14.5 Å². The number of phenolic OH excluding ortho intramolecular Hbond substituents is 1. The van der Waals surface area contributed by atoms with E-state index >= 15 is 0 Å². The van der Waals surface area contributed by atoms with Crippen LogP contribution in [0.1, 0.15) is 61.9 Å². The molecule has 0 amide bonds. The number of aryl methyl sites for hydroxylation is 3. The Morgan fingerprint density at radius 1 is 0.810 bits per heavy atom. The Morgan fingerprint density at radius 2 is 1.52 bits per heavy atom. The molecular formula is C37H38IrN3O-. The van der Waals surface area contributed by atoms with Gasteiger partial charge < -0.3 is 14.7 Å². The van der Waals surface area contributed by atoms with Crippen molar-refractivity contribution in [2.75, 3.05) is 0 Å². The van der Waals surface area contributed by atoms with Gasteiger partial charge in [0, 0.05) is 32.3 Å². The maximum absolute atomic E-state index is 10.0. The topological polar surface area (TPSA) is 50.9 Å². The number of hydrogen-bond acceptors (Lipinski definition) is 3. The van der Waals surface area contributed by atoms with Crippen molar-refractivity contribution >= 4 is 21.8 Å². The molecule has 0 atom stereocenters. The SMILES string of the molecule is CC(C)n1c(-c2ccccc2O)nc2ccccc21.Cc1[c-]c(-c2nccc3c(C)c(C(C)C)ccc23)cc(C)c1.[Ir]. The average molecular weight is 733 g/mol. The van der Waals surface area contributed by atoms with Crippen molar-refractivity contribution in [2.45, 2.75) is 60.4 Å². The van der Waals surface area contributed by atoms with Crippen LogP contribution in [-0.2, 0) is 20.1 Å². The van der Waals surface area contributed by atoms with Gasteiger partial charge >= 0.3 is 0 Å². The smallest absolute Gasteiger partial charge is 0.145 e. The number of imidazole rings is 1. The fourth-order valence-corrected chi connectivity index (χ4v) is 5.71. The van der Waals surface area contributed by atoms with Crippen LogP contribution in [0.5, 0.6) is 5.75 Å². The van der Waals surface area contributed by atoms with Crippen molar-refractivity contribution in [3.63, 3.8) is 0 Å². The minimum atomic E-state index is 0. The summed E-state index contributed by atoms with van der Waals surface area (Å²) in [6.45, 7) is 15.2. The molecule has 0 saturated heterocycles. The van der Waals surface area contributed by atoms with Crippen LogP contribution in [0.3, 0.4) is 0 Å². The van der Waals surface area contributed by atoms with Crippen LogP contribution in [0.2, 0.25) is 0 Å². The zero-order valence-corrected chi connectivity index (χ0v) is 27.8. The van der Waals surface area contributed by atoms with E-state index in [1.807, 2.05) is 42.6 Å². The van der Waals surface area contributed by atoms with E-state index in [0.717, 1.165) is 39.2 Å². The zero-order chi connectivity index (χ0) is 29.3. The molecule has 0 unspecified atom stereocenters. The molecule has 6 aromatic rings. The Labute approximate surface area is 262 Å². The van der Waals surface area contributed by atoms with Crippen LogP contribution < -0.4 is 0 Å². The molecule has 0 aliphatic heterocycles. The number of fused-ring (bicyclic) bond motifs is 2. The quantitative estimate of drug-likeness (QED) is 0.184. The first-order valence-electron chi connectivity index (χ1n) is 14.3. The Kier molecular flexibility index (Phi) is 9.66. The van der Waals surface area contributed by atoms with E-state index < -0.39 is 0 Å². The van der Waals surface area contributed by atoms with Crippen LogP contribution in [0.15, 0.2) is 85.1 Å². The summed E-state index contributed by atoms with van der Waals surface area (Å²) in [7, 11) is 0. The van der Waals surface area contributed by atoms with E-state index in [1.54, 1.807) is 6.07 Å². The molecule has 0 aliphatic carbocycles. The first-order valence-corrected chi connectivity index (χ1v) is 14.3. The van der Waals surface area contributed by atoms with E-state index in [1.165, 1.54) is 27.5 Å². The van der Waals surface area contributed by atoms with Crippen LogP contribution in [0.4, 0.5) is 0 Å². The fraction of sp³-hybridized carbons (Fsp3) is 0.243. The Morgan fingerprint density at radius 3 is 2.21 bits per heavy atom. The molecule has 0 spiro atoms. The van der Waals surface area contributed by atoms with Crippen molar-refractivity contribution in [3.8, 4) is 28.4 Å². The van der Waals surface area contributed by atoms with Gasteiger partial charge in [-0.2, -0.15) is 0 Å². The monoisotopic (exact) mass is 733 g/mol. The van der Waals surface area contributed by atoms with E-state index in [9.17, 15) is 5.11 Å². The van der Waals surface area contributed by atoms with Crippen molar-refractivity contribution in [1.29, 1.82) is 0 Å². The number of rotatable bonds is 4. The molecule has 42 heavy (non-hydrogen) atoms. The predicted octanol–water partition coefficient (Wildman–Crippen LogP) is 9.74. The summed E-state index contributed by atoms with van der Waals surface area (Å²) < 4.78 is 2.16. The fourth-order valence-electron chi connectivity index (χ4n) is 5.71. The molecule has 5 heteroatoms. The molecular weight excluding hydrogens is 695 g/mol. The molecule has 0 aliphatic rings. The molecule has 0 fully saturated rings. The number of phenols is 1. The molecule has 2 heterocycles. The maximum Gasteiger partial charge on any atom is 0.145 e. The summed E-state index contributed by atoms with van der Waals surface area (Å²) in [5.41, 5.74) is 10.1. The molecule has 6 rings (SSSR count). The van der Waals surface area contributed by atoms with Gasteiger partial charge in [0.05, 0.1) is 16.6 Å². The number of hydrogen-bond donors (Lipinski definition) is 1. The predicted molar refractivity (Wildman–Crippen MR) is 172 cm³/mol. The van der Waals surface area contributed by atoms with Gasteiger partial charge in [0.2, 0.25) is 0 Å². The number of aromatic hydroxyl groups is 1. The molecule has 217 valence electrons. The molecule has 2 aromatic heterocycles. The minimum absolute atomic E-state index is 0. The van der Waals surface area contributed by atoms with E-state index in [-0.39, 0.29) is 31.9 Å². The summed E-state index contributed by atoms with van der Waals surface area (Å²) in [6, 6.07) is 30.0. The average Bonchev–Trinajstić information content (AvgIpc) is 3.33. The van der Waals surface area contributed by atoms with Gasteiger partial charge in [-0.25, -0.2) is 4.98 Å². The number of aromatic nitrogens is 3. The second-order valence-electron chi connectivity index (χ2n) is 11.3. The minimum Gasteiger partial charge on any atom is -0.507 e. The van der Waals surface area contributed by atoms with Gasteiger partial charge in [0.25, 0.3) is 0 Å². The molecule has 4 aromatic carbocycles. The van der Waals surface area contributed by atoms with Crippen LogP contribution >= 0.6 is 0 Å². The second-order valence-corrected chi connectivity index (χ2v) is 11.3. The van der Waals surface area contributed by atoms with E-state index in [0.29, 0.717) is 5.92 Å². The van der Waals surface area contributed by atoms with Gasteiger partial charge in [-0.05, 0) is 84.6 Å². The first-order chi connectivity index (χ1) is 19.7. The number of nitrogens with zero attached hydrogens (tertiary/aromatic N) is 3.